The molecule has 0 amide bonds. The van der Waals surface area contributed by atoms with E-state index in [2.05, 4.69) is 0 Å². The molecule has 0 spiro atoms. The number of benzene rings is 1. The molecule has 0 fully saturated rings. The predicted octanol–water partition coefficient (Wildman–Crippen LogP) is 1.70. The summed E-state index contributed by atoms with van der Waals surface area (Å²) in [6, 6.07) is 2.93. The Morgan fingerprint density at radius 3 is 2.62 bits per heavy atom. The van der Waals surface area contributed by atoms with Crippen LogP contribution in [0.5, 0.6) is 11.5 Å². The zero-order chi connectivity index (χ0) is 10.0. The monoisotopic (exact) mass is 294 g/mol. The van der Waals surface area contributed by atoms with Crippen LogP contribution in [0.2, 0.25) is 0 Å². The number of carboxylic acids is 1. The van der Waals surface area contributed by atoms with E-state index in [0.29, 0.717) is 3.57 Å². The maximum absolute atomic E-state index is 10.6. The molecule has 1 aromatic rings. The van der Waals surface area contributed by atoms with Crippen molar-refractivity contribution < 1.29 is 19.7 Å². The molecule has 0 heterocycles. The van der Waals surface area contributed by atoms with Crippen LogP contribution >= 0.6 is 22.6 Å². The quantitative estimate of drug-likeness (QED) is 0.815. The van der Waals surface area contributed by atoms with Gasteiger partial charge in [-0.15, -0.1) is 0 Å². The van der Waals surface area contributed by atoms with E-state index in [9.17, 15) is 9.90 Å². The lowest BCUT2D eigenvalue weighted by Crippen LogP contribution is -1.99. The van der Waals surface area contributed by atoms with Gasteiger partial charge in [0.25, 0.3) is 0 Å². The Bertz CT molecular complexity index is 348. The van der Waals surface area contributed by atoms with Crippen LogP contribution in [0, 0.1) is 3.57 Å². The molecule has 2 N–H and O–H groups in total. The molecule has 0 atom stereocenters. The summed E-state index contributed by atoms with van der Waals surface area (Å²) in [6.45, 7) is 0. The molecule has 1 rings (SSSR count). The molecule has 0 radical (unpaired) electrons. The molecule has 5 heteroatoms. The normalized spacial score (nSPS) is 9.69. The highest BCUT2D eigenvalue weighted by atomic mass is 127. The number of hydrogen-bond donors (Lipinski definition) is 2. The number of phenols is 1. The third kappa shape index (κ3) is 2.03. The molecule has 1 aromatic carbocycles. The molecular formula is C8H7IO4. The summed E-state index contributed by atoms with van der Waals surface area (Å²) < 4.78 is 5.50. The summed E-state index contributed by atoms with van der Waals surface area (Å²) >= 11 is 1.95. The van der Waals surface area contributed by atoms with Crippen molar-refractivity contribution in [3.8, 4) is 11.5 Å². The van der Waals surface area contributed by atoms with E-state index in [4.69, 9.17) is 9.84 Å². The average molecular weight is 294 g/mol. The Labute approximate surface area is 88.3 Å². The highest BCUT2D eigenvalue weighted by Crippen LogP contribution is 2.31. The molecule has 0 unspecified atom stereocenters. The Kier molecular flexibility index (Phi) is 2.97. The number of methoxy groups -OCH3 is 1. The first-order chi connectivity index (χ1) is 6.06. The van der Waals surface area contributed by atoms with E-state index in [1.165, 1.54) is 13.2 Å². The maximum atomic E-state index is 10.6. The molecule has 4 nitrogen and oxygen atoms in total. The maximum Gasteiger partial charge on any atom is 0.339 e. The van der Waals surface area contributed by atoms with Gasteiger partial charge in [0.2, 0.25) is 0 Å². The van der Waals surface area contributed by atoms with Crippen LogP contribution in [-0.2, 0) is 0 Å². The van der Waals surface area contributed by atoms with Crippen LogP contribution in [0.3, 0.4) is 0 Å². The molecule has 0 saturated heterocycles. The number of hydrogen-bond acceptors (Lipinski definition) is 3. The first-order valence-electron chi connectivity index (χ1n) is 3.36. The Hall–Kier alpha value is -0.980. The van der Waals surface area contributed by atoms with E-state index < -0.39 is 5.97 Å². The van der Waals surface area contributed by atoms with E-state index in [1.807, 2.05) is 22.6 Å². The lowest BCUT2D eigenvalue weighted by atomic mass is 10.2. The van der Waals surface area contributed by atoms with E-state index in [1.54, 1.807) is 6.07 Å². The zero-order valence-electron chi connectivity index (χ0n) is 6.74. The second kappa shape index (κ2) is 3.82. The van der Waals surface area contributed by atoms with Crippen molar-refractivity contribution in [2.24, 2.45) is 0 Å². The third-order valence-corrected chi connectivity index (χ3v) is 2.11. The van der Waals surface area contributed by atoms with Gasteiger partial charge in [-0.25, -0.2) is 4.79 Å². The number of halogens is 1. The number of aromatic carboxylic acids is 1. The largest absolute Gasteiger partial charge is 0.504 e. The topological polar surface area (TPSA) is 66.8 Å². The van der Waals surface area contributed by atoms with Crippen LogP contribution < -0.4 is 4.74 Å². The first kappa shape index (κ1) is 10.1. The van der Waals surface area contributed by atoms with Gasteiger partial charge in [-0.05, 0) is 34.7 Å². The standard InChI is InChI=1S/C8H7IO4/c1-13-6-3-4(9)2-5(7(6)10)8(11)12/h2-3,10H,1H3,(H,11,12). The zero-order valence-corrected chi connectivity index (χ0v) is 8.90. The minimum Gasteiger partial charge on any atom is -0.504 e. The minimum atomic E-state index is -1.17. The van der Waals surface area contributed by atoms with Gasteiger partial charge in [0.15, 0.2) is 11.5 Å². The van der Waals surface area contributed by atoms with Crippen molar-refractivity contribution in [1.29, 1.82) is 0 Å². The summed E-state index contributed by atoms with van der Waals surface area (Å²) in [7, 11) is 1.37. The molecule has 70 valence electrons. The average Bonchev–Trinajstić information content (AvgIpc) is 2.08. The van der Waals surface area contributed by atoms with Crippen LogP contribution in [0.15, 0.2) is 12.1 Å². The molecule has 13 heavy (non-hydrogen) atoms. The molecule has 0 aromatic heterocycles. The Balaban J connectivity index is 3.35. The van der Waals surface area contributed by atoms with Crippen molar-refractivity contribution in [3.05, 3.63) is 21.3 Å². The van der Waals surface area contributed by atoms with Crippen LogP contribution in [0.4, 0.5) is 0 Å². The van der Waals surface area contributed by atoms with Gasteiger partial charge in [-0.1, -0.05) is 0 Å². The van der Waals surface area contributed by atoms with Crippen LogP contribution in [0.25, 0.3) is 0 Å². The SMILES string of the molecule is COc1cc(I)cc(C(=O)O)c1O. The van der Waals surface area contributed by atoms with Gasteiger partial charge >= 0.3 is 5.97 Å². The van der Waals surface area contributed by atoms with Gasteiger partial charge in [0.05, 0.1) is 7.11 Å². The highest BCUT2D eigenvalue weighted by Gasteiger charge is 2.14. The van der Waals surface area contributed by atoms with E-state index >= 15 is 0 Å². The molecular weight excluding hydrogens is 287 g/mol. The number of rotatable bonds is 2. The second-order valence-electron chi connectivity index (χ2n) is 2.31. The number of carboxylic acid groups (broad SMARTS) is 1. The summed E-state index contributed by atoms with van der Waals surface area (Å²) in [4.78, 5) is 10.6. The van der Waals surface area contributed by atoms with E-state index in [0.717, 1.165) is 0 Å². The van der Waals surface area contributed by atoms with Crippen molar-refractivity contribution in [2.75, 3.05) is 7.11 Å². The van der Waals surface area contributed by atoms with Crippen molar-refractivity contribution >= 4 is 28.6 Å². The summed E-state index contributed by atoms with van der Waals surface area (Å²) in [5.41, 5.74) is -0.149. The van der Waals surface area contributed by atoms with Crippen molar-refractivity contribution in [2.45, 2.75) is 0 Å². The lowest BCUT2D eigenvalue weighted by molar-refractivity contribution is 0.0693. The Morgan fingerprint density at radius 1 is 1.54 bits per heavy atom. The van der Waals surface area contributed by atoms with E-state index in [-0.39, 0.29) is 17.1 Å². The smallest absolute Gasteiger partial charge is 0.339 e. The fourth-order valence-electron chi connectivity index (χ4n) is 0.893. The van der Waals surface area contributed by atoms with Crippen LogP contribution in [-0.4, -0.2) is 23.3 Å². The number of ether oxygens (including phenoxy) is 1. The molecule has 0 aliphatic carbocycles. The molecule has 0 aliphatic rings. The number of carbonyl (C=O) groups is 1. The van der Waals surface area contributed by atoms with Gasteiger partial charge in [-0.2, -0.15) is 0 Å². The van der Waals surface area contributed by atoms with Crippen molar-refractivity contribution in [1.82, 2.24) is 0 Å². The second-order valence-corrected chi connectivity index (χ2v) is 3.56. The molecule has 0 aliphatic heterocycles. The van der Waals surface area contributed by atoms with Crippen molar-refractivity contribution in [3.63, 3.8) is 0 Å². The van der Waals surface area contributed by atoms with Gasteiger partial charge < -0.3 is 14.9 Å². The highest BCUT2D eigenvalue weighted by molar-refractivity contribution is 14.1. The predicted molar refractivity (Wildman–Crippen MR) is 54.3 cm³/mol. The fraction of sp³-hybridized carbons (Fsp3) is 0.125. The Morgan fingerprint density at radius 2 is 2.15 bits per heavy atom. The third-order valence-electron chi connectivity index (χ3n) is 1.49. The molecule has 0 saturated carbocycles. The summed E-state index contributed by atoms with van der Waals surface area (Å²) in [5.74, 6) is -1.34. The number of aromatic hydroxyl groups is 1. The summed E-state index contributed by atoms with van der Waals surface area (Å²) in [5, 5.41) is 18.1. The molecule has 0 bridgehead atoms. The van der Waals surface area contributed by atoms with Gasteiger partial charge in [0, 0.05) is 3.57 Å². The minimum absolute atomic E-state index is 0.149. The van der Waals surface area contributed by atoms with Crippen LogP contribution in [0.1, 0.15) is 10.4 Å². The first-order valence-corrected chi connectivity index (χ1v) is 4.44. The van der Waals surface area contributed by atoms with Gasteiger partial charge in [0.1, 0.15) is 5.56 Å². The van der Waals surface area contributed by atoms with Gasteiger partial charge in [-0.3, -0.25) is 0 Å². The lowest BCUT2D eigenvalue weighted by Gasteiger charge is -2.06. The fourth-order valence-corrected chi connectivity index (χ4v) is 1.49. The summed E-state index contributed by atoms with van der Waals surface area (Å²) in [6.07, 6.45) is 0.